The third kappa shape index (κ3) is 6.08. The Labute approximate surface area is 211 Å². The summed E-state index contributed by atoms with van der Waals surface area (Å²) in [6.45, 7) is 1.65. The number of carbonyl (C=O) groups is 1. The quantitative estimate of drug-likeness (QED) is 0.301. The van der Waals surface area contributed by atoms with E-state index < -0.39 is 23.4 Å². The van der Waals surface area contributed by atoms with Crippen LogP contribution in [0.3, 0.4) is 0 Å². The molecule has 9 heteroatoms. The van der Waals surface area contributed by atoms with Crippen LogP contribution in [0.5, 0.6) is 0 Å². The number of carbonyl (C=O) groups excluding carboxylic acids is 1. The van der Waals surface area contributed by atoms with E-state index in [-0.39, 0.29) is 24.5 Å². The summed E-state index contributed by atoms with van der Waals surface area (Å²) in [7, 11) is 0. The molecular weight excluding hydrogens is 504 g/mol. The molecule has 0 unspecified atom stereocenters. The van der Waals surface area contributed by atoms with Crippen LogP contribution < -0.4 is 10.6 Å². The second-order valence-electron chi connectivity index (χ2n) is 7.77. The van der Waals surface area contributed by atoms with Crippen molar-refractivity contribution in [1.29, 1.82) is 0 Å². The van der Waals surface area contributed by atoms with Crippen LogP contribution in [0.25, 0.3) is 0 Å². The van der Waals surface area contributed by atoms with Crippen LogP contribution in [0.2, 0.25) is 5.02 Å². The number of benzene rings is 3. The zero-order valence-electron chi connectivity index (χ0n) is 18.1. The fraction of sp³-hybridized carbons (Fsp3) is 0.240. The zero-order chi connectivity index (χ0) is 23.4. The van der Waals surface area contributed by atoms with E-state index in [2.05, 4.69) is 16.7 Å². The second kappa shape index (κ2) is 12.0. The predicted molar refractivity (Wildman–Crippen MR) is 132 cm³/mol. The lowest BCUT2D eigenvalue weighted by molar-refractivity contribution is 0.0950. The van der Waals surface area contributed by atoms with Crippen LogP contribution in [-0.2, 0) is 25.1 Å². The number of amides is 1. The maximum absolute atomic E-state index is 13.8. The summed E-state index contributed by atoms with van der Waals surface area (Å²) in [4.78, 5) is 13.5. The molecule has 0 bridgehead atoms. The Morgan fingerprint density at radius 3 is 2.47 bits per heavy atom. The van der Waals surface area contributed by atoms with Crippen molar-refractivity contribution in [3.05, 3.63) is 98.8 Å². The van der Waals surface area contributed by atoms with Crippen molar-refractivity contribution in [3.63, 3.8) is 0 Å². The third-order valence-electron chi connectivity index (χ3n) is 5.59. The Balaban J connectivity index is 0.00000324. The van der Waals surface area contributed by atoms with E-state index in [4.69, 9.17) is 11.6 Å². The SMILES string of the molecule is Cl.O=C(NCc1ccc(F)c(F)c1F)c1ccc(CSc2c(Cl)ccc3c2CCNCC3)cc1. The Morgan fingerprint density at radius 1 is 0.971 bits per heavy atom. The summed E-state index contributed by atoms with van der Waals surface area (Å²) in [6.07, 6.45) is 1.92. The molecule has 4 rings (SSSR count). The molecule has 0 spiro atoms. The minimum atomic E-state index is -1.55. The van der Waals surface area contributed by atoms with Gasteiger partial charge in [0, 0.05) is 28.3 Å². The Morgan fingerprint density at radius 2 is 1.71 bits per heavy atom. The van der Waals surface area contributed by atoms with Crippen molar-refractivity contribution in [1.82, 2.24) is 10.6 Å². The van der Waals surface area contributed by atoms with Gasteiger partial charge in [-0.15, -0.1) is 24.2 Å². The maximum Gasteiger partial charge on any atom is 0.251 e. The minimum absolute atomic E-state index is 0. The second-order valence-corrected chi connectivity index (χ2v) is 9.16. The topological polar surface area (TPSA) is 41.1 Å². The molecule has 0 radical (unpaired) electrons. The van der Waals surface area contributed by atoms with Crippen molar-refractivity contribution in [2.45, 2.75) is 30.0 Å². The first-order valence-corrected chi connectivity index (χ1v) is 11.9. The summed E-state index contributed by atoms with van der Waals surface area (Å²) in [5.74, 6) is -3.83. The van der Waals surface area contributed by atoms with Gasteiger partial charge in [-0.2, -0.15) is 0 Å². The number of thioether (sulfide) groups is 1. The van der Waals surface area contributed by atoms with E-state index in [0.717, 1.165) is 53.5 Å². The molecule has 0 saturated heterocycles. The number of rotatable bonds is 6. The first kappa shape index (κ1) is 26.4. The molecule has 1 heterocycles. The van der Waals surface area contributed by atoms with Crippen LogP contribution in [0.4, 0.5) is 13.2 Å². The molecule has 0 fully saturated rings. The lowest BCUT2D eigenvalue weighted by atomic mass is 10.0. The number of fused-ring (bicyclic) bond motifs is 1. The Hall–Kier alpha value is -2.19. The third-order valence-corrected chi connectivity index (χ3v) is 7.25. The highest BCUT2D eigenvalue weighted by Gasteiger charge is 2.16. The first-order valence-electron chi connectivity index (χ1n) is 10.6. The van der Waals surface area contributed by atoms with Crippen LogP contribution in [0, 0.1) is 17.5 Å². The molecule has 2 N–H and O–H groups in total. The monoisotopic (exact) mass is 526 g/mol. The van der Waals surface area contributed by atoms with Gasteiger partial charge in [-0.25, -0.2) is 13.2 Å². The summed E-state index contributed by atoms with van der Waals surface area (Å²) in [5.41, 5.74) is 3.94. The van der Waals surface area contributed by atoms with E-state index in [1.165, 1.54) is 11.1 Å². The maximum atomic E-state index is 13.8. The molecule has 1 aliphatic rings. The van der Waals surface area contributed by atoms with Gasteiger partial charge >= 0.3 is 0 Å². The van der Waals surface area contributed by atoms with Gasteiger partial charge in [-0.3, -0.25) is 4.79 Å². The van der Waals surface area contributed by atoms with Gasteiger partial charge in [0.05, 0.1) is 5.02 Å². The van der Waals surface area contributed by atoms with Crippen molar-refractivity contribution >= 4 is 41.7 Å². The zero-order valence-corrected chi connectivity index (χ0v) is 20.5. The van der Waals surface area contributed by atoms with Crippen LogP contribution >= 0.6 is 35.8 Å². The molecule has 3 aromatic carbocycles. The van der Waals surface area contributed by atoms with E-state index >= 15 is 0 Å². The summed E-state index contributed by atoms with van der Waals surface area (Å²) in [6, 6.07) is 13.1. The molecule has 0 aliphatic carbocycles. The fourth-order valence-corrected chi connectivity index (χ4v) is 5.21. The summed E-state index contributed by atoms with van der Waals surface area (Å²) < 4.78 is 40.1. The lowest BCUT2D eigenvalue weighted by Crippen LogP contribution is -2.23. The molecule has 1 amide bonds. The van der Waals surface area contributed by atoms with Crippen LogP contribution in [-0.4, -0.2) is 19.0 Å². The van der Waals surface area contributed by atoms with Gasteiger partial charge in [-0.1, -0.05) is 35.9 Å². The van der Waals surface area contributed by atoms with Crippen molar-refractivity contribution in [2.24, 2.45) is 0 Å². The van der Waals surface area contributed by atoms with Gasteiger partial charge in [0.15, 0.2) is 17.5 Å². The molecule has 0 saturated carbocycles. The standard InChI is InChI=1S/C25H22ClF3N2OS.ClH/c26-20-7-5-16-9-11-30-12-10-19(16)24(20)33-14-15-1-3-17(4-2-15)25(32)31-13-18-6-8-21(27)23(29)22(18)28;/h1-8,30H,9-14H2,(H,31,32);1H. The fourth-order valence-electron chi connectivity index (χ4n) is 3.75. The van der Waals surface area contributed by atoms with Crippen LogP contribution in [0.1, 0.15) is 32.6 Å². The smallest absolute Gasteiger partial charge is 0.251 e. The number of hydrogen-bond acceptors (Lipinski definition) is 3. The van der Waals surface area contributed by atoms with Gasteiger partial charge in [0.2, 0.25) is 0 Å². The predicted octanol–water partition coefficient (Wildman–Crippen LogP) is 6.09. The van der Waals surface area contributed by atoms with Gasteiger partial charge in [-0.05, 0) is 66.9 Å². The highest BCUT2D eigenvalue weighted by Crippen LogP contribution is 2.36. The van der Waals surface area contributed by atoms with E-state index in [1.54, 1.807) is 23.9 Å². The van der Waals surface area contributed by atoms with E-state index in [9.17, 15) is 18.0 Å². The molecular formula is C25H23Cl2F3N2OS. The normalized spacial score (nSPS) is 12.9. The van der Waals surface area contributed by atoms with Crippen LogP contribution in [0.15, 0.2) is 53.4 Å². The summed E-state index contributed by atoms with van der Waals surface area (Å²) in [5, 5.41) is 6.70. The number of nitrogens with one attached hydrogen (secondary N) is 2. The first-order chi connectivity index (χ1) is 15.9. The Bertz CT molecular complexity index is 1180. The van der Waals surface area contributed by atoms with E-state index in [0.29, 0.717) is 11.3 Å². The molecule has 3 nitrogen and oxygen atoms in total. The lowest BCUT2D eigenvalue weighted by Gasteiger charge is -2.14. The average Bonchev–Trinajstić information content (AvgIpc) is 3.07. The van der Waals surface area contributed by atoms with Gasteiger partial charge in [0.1, 0.15) is 0 Å². The van der Waals surface area contributed by atoms with Crippen molar-refractivity contribution in [2.75, 3.05) is 13.1 Å². The van der Waals surface area contributed by atoms with Crippen molar-refractivity contribution < 1.29 is 18.0 Å². The van der Waals surface area contributed by atoms with Gasteiger partial charge in [0.25, 0.3) is 5.91 Å². The van der Waals surface area contributed by atoms with E-state index in [1.807, 2.05) is 18.2 Å². The molecule has 3 aromatic rings. The largest absolute Gasteiger partial charge is 0.348 e. The van der Waals surface area contributed by atoms with Gasteiger partial charge < -0.3 is 10.6 Å². The molecule has 34 heavy (non-hydrogen) atoms. The Kier molecular flexibility index (Phi) is 9.31. The highest BCUT2D eigenvalue weighted by atomic mass is 35.5. The molecule has 0 atom stereocenters. The average molecular weight is 527 g/mol. The number of hydrogen-bond donors (Lipinski definition) is 2. The number of halogens is 5. The minimum Gasteiger partial charge on any atom is -0.348 e. The van der Waals surface area contributed by atoms with Crippen molar-refractivity contribution in [3.8, 4) is 0 Å². The summed E-state index contributed by atoms with van der Waals surface area (Å²) >= 11 is 8.18. The molecule has 180 valence electrons. The highest BCUT2D eigenvalue weighted by molar-refractivity contribution is 7.98. The molecule has 1 aliphatic heterocycles. The molecule has 0 aromatic heterocycles.